The quantitative estimate of drug-likeness (QED) is 0.300. The zero-order valence-electron chi connectivity index (χ0n) is 17.4. The summed E-state index contributed by atoms with van der Waals surface area (Å²) >= 11 is 7.02. The van der Waals surface area contributed by atoms with E-state index in [2.05, 4.69) is 10.3 Å². The molecule has 4 aromatic rings. The molecule has 0 saturated heterocycles. The minimum atomic E-state index is -0.459. The van der Waals surface area contributed by atoms with Crippen LogP contribution in [0.15, 0.2) is 101 Å². The molecular formula is C25H20ClN3O3S. The van der Waals surface area contributed by atoms with E-state index in [1.165, 1.54) is 4.57 Å². The molecule has 1 aromatic heterocycles. The number of nitrogens with zero attached hydrogens (tertiary/aromatic N) is 2. The van der Waals surface area contributed by atoms with Crippen LogP contribution in [0.3, 0.4) is 0 Å². The Morgan fingerprint density at radius 1 is 0.970 bits per heavy atom. The molecule has 6 nitrogen and oxygen atoms in total. The lowest BCUT2D eigenvalue weighted by atomic mass is 9.99. The van der Waals surface area contributed by atoms with Crippen LogP contribution in [0, 0.1) is 0 Å². The Balaban J connectivity index is 1.56. The molecule has 33 heavy (non-hydrogen) atoms. The highest BCUT2D eigenvalue weighted by molar-refractivity contribution is 7.99. The van der Waals surface area contributed by atoms with E-state index in [0.717, 1.165) is 29.0 Å². The number of carbonyl (C=O) groups excluding carboxylic acids is 1. The van der Waals surface area contributed by atoms with Gasteiger partial charge in [-0.15, -0.1) is 0 Å². The van der Waals surface area contributed by atoms with Crippen molar-refractivity contribution in [3.8, 4) is 11.6 Å². The molecule has 4 rings (SSSR count). The SMILES string of the molecule is O=C(CSc1nc(O)cc(=O)n1-c1ccc(Cl)cc1)NC(c1ccccc1)c1ccccc1. The van der Waals surface area contributed by atoms with Gasteiger partial charge in [-0.25, -0.2) is 0 Å². The molecule has 8 heteroatoms. The second kappa shape index (κ2) is 10.4. The number of benzene rings is 3. The van der Waals surface area contributed by atoms with Crippen molar-refractivity contribution >= 4 is 29.3 Å². The number of halogens is 1. The van der Waals surface area contributed by atoms with E-state index in [-0.39, 0.29) is 22.9 Å². The summed E-state index contributed by atoms with van der Waals surface area (Å²) in [6.45, 7) is 0. The molecular weight excluding hydrogens is 458 g/mol. The molecule has 0 atom stereocenters. The smallest absolute Gasteiger partial charge is 0.262 e. The summed E-state index contributed by atoms with van der Waals surface area (Å²) < 4.78 is 1.33. The third-order valence-corrected chi connectivity index (χ3v) is 6.05. The average Bonchev–Trinajstić information content (AvgIpc) is 2.83. The standard InChI is InChI=1S/C25H20ClN3O3S/c26-19-11-13-20(14-12-19)29-23(32)15-21(30)28-25(29)33-16-22(31)27-24(17-7-3-1-4-8-17)18-9-5-2-6-10-18/h1-15,24,30H,16H2,(H,27,31). The summed E-state index contributed by atoms with van der Waals surface area (Å²) in [5.74, 6) is -0.642. The van der Waals surface area contributed by atoms with E-state index in [4.69, 9.17) is 11.6 Å². The van der Waals surface area contributed by atoms with Gasteiger partial charge in [0.25, 0.3) is 5.56 Å². The Bertz CT molecular complexity index is 1260. The highest BCUT2D eigenvalue weighted by Crippen LogP contribution is 2.24. The van der Waals surface area contributed by atoms with Crippen LogP contribution >= 0.6 is 23.4 Å². The minimum Gasteiger partial charge on any atom is -0.493 e. The average molecular weight is 478 g/mol. The fourth-order valence-corrected chi connectivity index (χ4v) is 4.31. The van der Waals surface area contributed by atoms with Crippen molar-refractivity contribution < 1.29 is 9.90 Å². The van der Waals surface area contributed by atoms with E-state index in [9.17, 15) is 14.7 Å². The maximum atomic E-state index is 12.9. The van der Waals surface area contributed by atoms with Crippen molar-refractivity contribution in [2.45, 2.75) is 11.2 Å². The molecule has 3 aromatic carbocycles. The summed E-state index contributed by atoms with van der Waals surface area (Å²) in [6, 6.07) is 26.7. The monoisotopic (exact) mass is 477 g/mol. The van der Waals surface area contributed by atoms with Crippen molar-refractivity contribution in [1.29, 1.82) is 0 Å². The first-order valence-electron chi connectivity index (χ1n) is 10.1. The Hall–Kier alpha value is -3.55. The Kier molecular flexibility index (Phi) is 7.12. The van der Waals surface area contributed by atoms with Crippen LogP contribution in [-0.4, -0.2) is 26.3 Å². The third kappa shape index (κ3) is 5.63. The maximum absolute atomic E-state index is 12.9. The predicted molar refractivity (Wildman–Crippen MR) is 130 cm³/mol. The first kappa shape index (κ1) is 22.6. The van der Waals surface area contributed by atoms with Crippen LogP contribution in [0.4, 0.5) is 0 Å². The molecule has 2 N–H and O–H groups in total. The fourth-order valence-electron chi connectivity index (χ4n) is 3.36. The lowest BCUT2D eigenvalue weighted by molar-refractivity contribution is -0.119. The van der Waals surface area contributed by atoms with Crippen molar-refractivity contribution in [1.82, 2.24) is 14.9 Å². The molecule has 0 spiro atoms. The summed E-state index contributed by atoms with van der Waals surface area (Å²) in [4.78, 5) is 29.5. The summed E-state index contributed by atoms with van der Waals surface area (Å²) in [6.07, 6.45) is 0. The lowest BCUT2D eigenvalue weighted by Gasteiger charge is -2.20. The number of carbonyl (C=O) groups is 1. The molecule has 0 aliphatic carbocycles. The first-order chi connectivity index (χ1) is 16.0. The summed E-state index contributed by atoms with van der Waals surface area (Å²) in [5, 5.41) is 13.6. The number of hydrogen-bond donors (Lipinski definition) is 2. The van der Waals surface area contributed by atoms with Gasteiger partial charge in [0.1, 0.15) is 0 Å². The maximum Gasteiger partial charge on any atom is 0.262 e. The van der Waals surface area contributed by atoms with Gasteiger partial charge < -0.3 is 10.4 Å². The number of rotatable bonds is 7. The molecule has 0 bridgehead atoms. The minimum absolute atomic E-state index is 0.000347. The number of aromatic hydroxyl groups is 1. The second-order valence-electron chi connectivity index (χ2n) is 7.16. The van der Waals surface area contributed by atoms with Gasteiger partial charge in [0.15, 0.2) is 5.16 Å². The van der Waals surface area contributed by atoms with Gasteiger partial charge in [-0.05, 0) is 35.4 Å². The van der Waals surface area contributed by atoms with Crippen LogP contribution in [0.2, 0.25) is 5.02 Å². The van der Waals surface area contributed by atoms with Crippen LogP contribution in [0.5, 0.6) is 5.88 Å². The highest BCUT2D eigenvalue weighted by Gasteiger charge is 2.18. The molecule has 1 heterocycles. The summed E-state index contributed by atoms with van der Waals surface area (Å²) in [7, 11) is 0. The van der Waals surface area contributed by atoms with Crippen LogP contribution in [0.1, 0.15) is 17.2 Å². The highest BCUT2D eigenvalue weighted by atomic mass is 35.5. The van der Waals surface area contributed by atoms with E-state index < -0.39 is 11.4 Å². The van der Waals surface area contributed by atoms with Gasteiger partial charge in [0.2, 0.25) is 11.8 Å². The summed E-state index contributed by atoms with van der Waals surface area (Å²) in [5.41, 5.74) is 1.98. The molecule has 0 aliphatic rings. The Morgan fingerprint density at radius 3 is 2.12 bits per heavy atom. The molecule has 0 aliphatic heterocycles. The van der Waals surface area contributed by atoms with Gasteiger partial charge in [0, 0.05) is 5.02 Å². The molecule has 0 fully saturated rings. The molecule has 0 unspecified atom stereocenters. The topological polar surface area (TPSA) is 84.2 Å². The fraction of sp³-hybridized carbons (Fsp3) is 0.0800. The van der Waals surface area contributed by atoms with Crippen molar-refractivity contribution in [2.24, 2.45) is 0 Å². The number of nitrogens with one attached hydrogen (secondary N) is 1. The van der Waals surface area contributed by atoms with Gasteiger partial charge >= 0.3 is 0 Å². The van der Waals surface area contributed by atoms with Crippen molar-refractivity contribution in [3.05, 3.63) is 117 Å². The van der Waals surface area contributed by atoms with Gasteiger partial charge in [-0.2, -0.15) is 4.98 Å². The molecule has 166 valence electrons. The van der Waals surface area contributed by atoms with E-state index >= 15 is 0 Å². The third-order valence-electron chi connectivity index (χ3n) is 4.86. The van der Waals surface area contributed by atoms with Crippen molar-refractivity contribution in [3.63, 3.8) is 0 Å². The molecule has 0 saturated carbocycles. The molecule has 0 radical (unpaired) electrons. The van der Waals surface area contributed by atoms with Crippen LogP contribution < -0.4 is 10.9 Å². The lowest BCUT2D eigenvalue weighted by Crippen LogP contribution is -2.31. The Labute approximate surface area is 199 Å². The Morgan fingerprint density at radius 2 is 1.55 bits per heavy atom. The van der Waals surface area contributed by atoms with Gasteiger partial charge in [-0.3, -0.25) is 14.2 Å². The number of amides is 1. The second-order valence-corrected chi connectivity index (χ2v) is 8.54. The van der Waals surface area contributed by atoms with Gasteiger partial charge in [-0.1, -0.05) is 84.0 Å². The number of aromatic nitrogens is 2. The van der Waals surface area contributed by atoms with E-state index in [1.54, 1.807) is 24.3 Å². The van der Waals surface area contributed by atoms with Gasteiger partial charge in [0.05, 0.1) is 23.5 Å². The van der Waals surface area contributed by atoms with E-state index in [0.29, 0.717) is 10.7 Å². The number of hydrogen-bond acceptors (Lipinski definition) is 5. The normalized spacial score (nSPS) is 10.8. The van der Waals surface area contributed by atoms with E-state index in [1.807, 2.05) is 60.7 Å². The van der Waals surface area contributed by atoms with Crippen LogP contribution in [-0.2, 0) is 4.79 Å². The van der Waals surface area contributed by atoms with Crippen LogP contribution in [0.25, 0.3) is 5.69 Å². The molecule has 1 amide bonds. The predicted octanol–water partition coefficient (Wildman–Crippen LogP) is 4.59. The number of thioether (sulfide) groups is 1. The van der Waals surface area contributed by atoms with Crippen molar-refractivity contribution in [2.75, 3.05) is 5.75 Å². The zero-order valence-corrected chi connectivity index (χ0v) is 19.0. The largest absolute Gasteiger partial charge is 0.493 e. The zero-order chi connectivity index (χ0) is 23.2. The first-order valence-corrected chi connectivity index (χ1v) is 11.5.